The van der Waals surface area contributed by atoms with E-state index in [1.165, 1.54) is 13.0 Å². The monoisotopic (exact) mass is 884 g/mol. The first-order valence-electron chi connectivity index (χ1n) is 17.0. The summed E-state index contributed by atoms with van der Waals surface area (Å²) in [5.41, 5.74) is 1.94. The van der Waals surface area contributed by atoms with Gasteiger partial charge in [-0.1, -0.05) is 48.3 Å². The van der Waals surface area contributed by atoms with Gasteiger partial charge in [0.25, 0.3) is 0 Å². The van der Waals surface area contributed by atoms with Gasteiger partial charge in [-0.25, -0.2) is 17.8 Å². The Labute approximate surface area is 345 Å². The van der Waals surface area contributed by atoms with Crippen molar-refractivity contribution in [2.45, 2.75) is 73.5 Å². The molecule has 56 heavy (non-hydrogen) atoms. The molecule has 310 valence electrons. The molecule has 1 unspecified atom stereocenters. The fourth-order valence-electron chi connectivity index (χ4n) is 5.07. The molecule has 0 saturated heterocycles. The Bertz CT molecular complexity index is 2110. The Kier molecular flexibility index (Phi) is 19.2. The van der Waals surface area contributed by atoms with E-state index < -0.39 is 22.3 Å². The van der Waals surface area contributed by atoms with E-state index in [2.05, 4.69) is 48.4 Å². The number of methoxy groups -OCH3 is 1. The molecule has 15 nitrogen and oxygen atoms in total. The van der Waals surface area contributed by atoms with E-state index in [0.717, 1.165) is 42.1 Å². The highest BCUT2D eigenvalue weighted by Crippen LogP contribution is 2.32. The van der Waals surface area contributed by atoms with Crippen LogP contribution in [0.25, 0.3) is 5.69 Å². The topological polar surface area (TPSA) is 178 Å². The molecule has 0 saturated carbocycles. The number of ether oxygens (including phenoxy) is 1. The SMILES string of the molecule is CCNc1nc(Cl)nc(NC(C)C)n1.CCc1cccc(C)c1N(C(=O)CCl)C(C)COC.Cc1nn(-c2cc(NS(C)(=O)=O)c(Cl)cc2Cl)c(=O)n1C(F)F. The van der Waals surface area contributed by atoms with Gasteiger partial charge < -0.3 is 20.3 Å². The zero-order valence-electron chi connectivity index (χ0n) is 32.3. The first-order valence-corrected chi connectivity index (χ1v) is 20.6. The number of sulfonamides is 1. The summed E-state index contributed by atoms with van der Waals surface area (Å²) in [6, 6.07) is 8.62. The molecule has 4 aromatic rings. The molecule has 0 spiro atoms. The first kappa shape index (κ1) is 48.3. The standard InChI is InChI=1S/C15H22ClNO2.C11H10Cl2F2N4O3S.C8H14ClN5/c1-5-13-8-6-7-11(2)15(13)17(14(18)9-16)12(3)10-19-4;1-5-16-19(11(20)18(5)10(14)15)9-4-8(17-23(2,21)22)6(12)3-7(9)13;1-4-10-7-12-6(9)13-8(14-7)11-5(2)3/h6-8,12H,5,9-10H2,1-4H3;3-4,10,17H,1-2H3;5H,4H2,1-3H3,(H2,10,11,12,13,14). The predicted molar refractivity (Wildman–Crippen MR) is 220 cm³/mol. The van der Waals surface area contributed by atoms with E-state index >= 15 is 0 Å². The van der Waals surface area contributed by atoms with E-state index in [1.54, 1.807) is 12.0 Å². The molecular weight excluding hydrogens is 840 g/mol. The van der Waals surface area contributed by atoms with Crippen LogP contribution in [0.3, 0.4) is 0 Å². The largest absolute Gasteiger partial charge is 0.383 e. The van der Waals surface area contributed by atoms with Gasteiger partial charge in [0, 0.05) is 19.7 Å². The fraction of sp³-hybridized carbons (Fsp3) is 0.471. The number of amides is 1. The van der Waals surface area contributed by atoms with Crippen LogP contribution in [-0.2, 0) is 26.0 Å². The predicted octanol–water partition coefficient (Wildman–Crippen LogP) is 7.36. The minimum Gasteiger partial charge on any atom is -0.383 e. The van der Waals surface area contributed by atoms with Crippen molar-refractivity contribution in [2.75, 3.05) is 52.7 Å². The summed E-state index contributed by atoms with van der Waals surface area (Å²) in [5, 5.41) is 9.85. The molecule has 22 heteroatoms. The van der Waals surface area contributed by atoms with Gasteiger partial charge in [-0.2, -0.15) is 28.4 Å². The highest BCUT2D eigenvalue weighted by molar-refractivity contribution is 7.92. The van der Waals surface area contributed by atoms with Crippen LogP contribution >= 0.6 is 46.4 Å². The Morgan fingerprint density at radius 3 is 2.18 bits per heavy atom. The number of carbonyl (C=O) groups excluding carboxylic acids is 1. The van der Waals surface area contributed by atoms with Crippen molar-refractivity contribution in [1.29, 1.82) is 0 Å². The molecule has 1 amide bonds. The second-order valence-electron chi connectivity index (χ2n) is 12.3. The summed E-state index contributed by atoms with van der Waals surface area (Å²) in [6.45, 7) is 11.4. The number of hydrogen-bond acceptors (Lipinski definition) is 11. The van der Waals surface area contributed by atoms with Crippen LogP contribution in [0.15, 0.2) is 35.1 Å². The summed E-state index contributed by atoms with van der Waals surface area (Å²) in [7, 11) is -2.01. The number of carbonyl (C=O) groups is 1. The number of alkyl halides is 3. The van der Waals surface area contributed by atoms with Gasteiger partial charge in [-0.15, -0.1) is 16.7 Å². The van der Waals surface area contributed by atoms with Crippen molar-refractivity contribution < 1.29 is 26.7 Å². The molecular formula is C34H46Cl4F2N10O5S. The number of aryl methyl sites for hydroxylation is 3. The number of benzene rings is 2. The van der Waals surface area contributed by atoms with Gasteiger partial charge in [0.15, 0.2) is 0 Å². The van der Waals surface area contributed by atoms with Crippen molar-refractivity contribution in [2.24, 2.45) is 0 Å². The van der Waals surface area contributed by atoms with Gasteiger partial charge >= 0.3 is 12.2 Å². The molecule has 0 fully saturated rings. The zero-order chi connectivity index (χ0) is 42.5. The molecule has 2 heterocycles. The molecule has 0 aliphatic rings. The lowest BCUT2D eigenvalue weighted by atomic mass is 10.0. The normalized spacial score (nSPS) is 11.7. The maximum atomic E-state index is 12.8. The third-order valence-corrected chi connectivity index (χ3v) is 8.88. The van der Waals surface area contributed by atoms with E-state index in [-0.39, 0.29) is 61.0 Å². The number of anilines is 4. The Morgan fingerprint density at radius 2 is 1.66 bits per heavy atom. The third kappa shape index (κ3) is 14.0. The number of halogens is 6. The number of aromatic nitrogens is 6. The smallest absolute Gasteiger partial charge is 0.355 e. The van der Waals surface area contributed by atoms with Crippen LogP contribution in [0.2, 0.25) is 15.3 Å². The number of para-hydroxylation sites is 1. The highest BCUT2D eigenvalue weighted by atomic mass is 35.5. The lowest BCUT2D eigenvalue weighted by Gasteiger charge is -2.31. The first-order chi connectivity index (χ1) is 26.2. The maximum absolute atomic E-state index is 12.8. The van der Waals surface area contributed by atoms with E-state index in [1.807, 2.05) is 46.8 Å². The molecule has 4 rings (SSSR count). The average molecular weight is 887 g/mol. The Balaban J connectivity index is 0.000000299. The van der Waals surface area contributed by atoms with Crippen LogP contribution in [-0.4, -0.2) is 88.1 Å². The average Bonchev–Trinajstić information content (AvgIpc) is 3.39. The number of hydrogen-bond donors (Lipinski definition) is 3. The molecule has 3 N–H and O–H groups in total. The molecule has 2 aromatic carbocycles. The van der Waals surface area contributed by atoms with Crippen molar-refractivity contribution >= 4 is 85.6 Å². The minimum absolute atomic E-state index is 0.0223. The van der Waals surface area contributed by atoms with Gasteiger partial charge in [0.2, 0.25) is 33.1 Å². The molecule has 0 aliphatic carbocycles. The van der Waals surface area contributed by atoms with Crippen molar-refractivity contribution in [3.8, 4) is 5.69 Å². The van der Waals surface area contributed by atoms with Gasteiger partial charge in [-0.05, 0) is 82.8 Å². The summed E-state index contributed by atoms with van der Waals surface area (Å²) in [6.07, 6.45) is 1.78. The van der Waals surface area contributed by atoms with Crippen LogP contribution in [0, 0.1) is 13.8 Å². The van der Waals surface area contributed by atoms with Crippen LogP contribution in [0.1, 0.15) is 58.1 Å². The number of nitrogens with zero attached hydrogens (tertiary/aromatic N) is 7. The molecule has 2 aromatic heterocycles. The summed E-state index contributed by atoms with van der Waals surface area (Å²) in [5.74, 6) is 0.654. The number of nitrogens with one attached hydrogen (secondary N) is 3. The molecule has 0 radical (unpaired) electrons. The molecule has 0 bridgehead atoms. The maximum Gasteiger partial charge on any atom is 0.355 e. The van der Waals surface area contributed by atoms with Crippen LogP contribution in [0.5, 0.6) is 0 Å². The molecule has 1 atom stereocenters. The summed E-state index contributed by atoms with van der Waals surface area (Å²) < 4.78 is 56.4. The van der Waals surface area contributed by atoms with Gasteiger partial charge in [-0.3, -0.25) is 9.52 Å². The van der Waals surface area contributed by atoms with E-state index in [9.17, 15) is 26.8 Å². The van der Waals surface area contributed by atoms with Gasteiger partial charge in [0.05, 0.1) is 46.0 Å². The van der Waals surface area contributed by atoms with Crippen LogP contribution in [0.4, 0.5) is 32.1 Å². The van der Waals surface area contributed by atoms with E-state index in [0.29, 0.717) is 23.2 Å². The zero-order valence-corrected chi connectivity index (χ0v) is 36.1. The second kappa shape index (κ2) is 22.2. The number of rotatable bonds is 14. The molecule has 0 aliphatic heterocycles. The van der Waals surface area contributed by atoms with Crippen LogP contribution < -0.4 is 25.9 Å². The lowest BCUT2D eigenvalue weighted by Crippen LogP contribution is -2.43. The van der Waals surface area contributed by atoms with Crippen molar-refractivity contribution in [3.05, 3.63) is 73.1 Å². The lowest BCUT2D eigenvalue weighted by molar-refractivity contribution is -0.116. The summed E-state index contributed by atoms with van der Waals surface area (Å²) in [4.78, 5) is 38.0. The second-order valence-corrected chi connectivity index (χ2v) is 15.4. The third-order valence-electron chi connectivity index (χ3n) is 7.27. The fourth-order valence-corrected chi connectivity index (χ4v) is 6.49. The van der Waals surface area contributed by atoms with Crippen molar-refractivity contribution in [1.82, 2.24) is 29.3 Å². The Hall–Kier alpha value is -3.81. The van der Waals surface area contributed by atoms with Gasteiger partial charge in [0.1, 0.15) is 11.7 Å². The van der Waals surface area contributed by atoms with E-state index in [4.69, 9.17) is 51.1 Å². The summed E-state index contributed by atoms with van der Waals surface area (Å²) >= 11 is 23.3. The quantitative estimate of drug-likeness (QED) is 0.108. The highest BCUT2D eigenvalue weighted by Gasteiger charge is 2.25. The minimum atomic E-state index is -3.65. The Morgan fingerprint density at radius 1 is 1.02 bits per heavy atom. The van der Waals surface area contributed by atoms with Crippen molar-refractivity contribution in [3.63, 3.8) is 0 Å².